The molecule has 1 aliphatic rings. The van der Waals surface area contributed by atoms with Gasteiger partial charge in [-0.15, -0.1) is 0 Å². The summed E-state index contributed by atoms with van der Waals surface area (Å²) in [5.74, 6) is 0.965. The minimum atomic E-state index is -0.324. The number of halogens is 1. The van der Waals surface area contributed by atoms with Crippen molar-refractivity contribution in [1.29, 1.82) is 0 Å². The zero-order chi connectivity index (χ0) is 22.0. The summed E-state index contributed by atoms with van der Waals surface area (Å²) < 4.78 is 0. The topological polar surface area (TPSA) is 91.0 Å². The van der Waals surface area contributed by atoms with Gasteiger partial charge in [0.2, 0.25) is 5.95 Å². The molecule has 2 heterocycles. The maximum atomic E-state index is 12.4. The number of anilines is 5. The van der Waals surface area contributed by atoms with Gasteiger partial charge in [-0.3, -0.25) is 0 Å². The number of nitrogens with zero attached hydrogens (tertiary/aromatic N) is 2. The van der Waals surface area contributed by atoms with Crippen LogP contribution in [0.15, 0.2) is 48.7 Å². The van der Waals surface area contributed by atoms with Crippen LogP contribution >= 0.6 is 11.6 Å². The van der Waals surface area contributed by atoms with Crippen LogP contribution in [-0.4, -0.2) is 21.5 Å². The van der Waals surface area contributed by atoms with Crippen LogP contribution < -0.4 is 21.3 Å². The van der Waals surface area contributed by atoms with Crippen LogP contribution in [0, 0.1) is 0 Å². The molecule has 2 aromatic carbocycles. The van der Waals surface area contributed by atoms with E-state index in [1.54, 1.807) is 6.20 Å². The normalized spacial score (nSPS) is 12.9. The molecule has 31 heavy (non-hydrogen) atoms. The predicted octanol–water partition coefficient (Wildman–Crippen LogP) is 5.64. The Hall–Kier alpha value is -3.32. The molecule has 1 aliphatic heterocycles. The molecule has 7 nitrogen and oxygen atoms in total. The second-order valence-electron chi connectivity index (χ2n) is 8.54. The van der Waals surface area contributed by atoms with Crippen molar-refractivity contribution in [3.8, 4) is 0 Å². The van der Waals surface area contributed by atoms with Crippen molar-refractivity contribution >= 4 is 46.5 Å². The molecule has 4 N–H and O–H groups in total. The summed E-state index contributed by atoms with van der Waals surface area (Å²) in [5, 5.41) is 12.8. The number of fused-ring (bicyclic) bond motifs is 6. The standard InChI is InChI=1S/C23H25ClN6O/c1-23(2,3)30-22(31)28-19-10-9-17-12-15(19)8-7-14-5-4-6-16(11-14)27-21-25-13-18(24)20(26-17)29-21/h4-6,9-13H,7-8H2,1-3H3,(H2,28,30,31)(H2,25,26,27,29). The number of benzene rings is 2. The first-order valence-electron chi connectivity index (χ1n) is 10.1. The average molecular weight is 437 g/mol. The molecule has 3 aromatic rings. The lowest BCUT2D eigenvalue weighted by molar-refractivity contribution is 0.244. The van der Waals surface area contributed by atoms with E-state index in [9.17, 15) is 4.79 Å². The van der Waals surface area contributed by atoms with Gasteiger partial charge in [-0.05, 0) is 75.1 Å². The molecule has 6 bridgehead atoms. The maximum Gasteiger partial charge on any atom is 0.319 e. The number of amides is 2. The molecular formula is C23H25ClN6O. The smallest absolute Gasteiger partial charge is 0.319 e. The molecule has 4 rings (SSSR count). The molecule has 0 fully saturated rings. The van der Waals surface area contributed by atoms with Crippen LogP contribution in [0.3, 0.4) is 0 Å². The fraction of sp³-hybridized carbons (Fsp3) is 0.261. The molecule has 160 valence electrons. The van der Waals surface area contributed by atoms with Gasteiger partial charge in [-0.25, -0.2) is 9.78 Å². The SMILES string of the molecule is CC(C)(C)NC(=O)Nc1ccc2cc1CCc1cccc(c1)Nc1ncc(Cl)c(n1)N2. The van der Waals surface area contributed by atoms with Crippen LogP contribution in [0.1, 0.15) is 31.9 Å². The summed E-state index contributed by atoms with van der Waals surface area (Å²) in [6.07, 6.45) is 3.13. The van der Waals surface area contributed by atoms with Gasteiger partial charge in [-0.1, -0.05) is 23.7 Å². The first-order chi connectivity index (χ1) is 14.7. The first-order valence-corrected chi connectivity index (χ1v) is 10.5. The van der Waals surface area contributed by atoms with Gasteiger partial charge in [0.15, 0.2) is 5.82 Å². The minimum absolute atomic E-state index is 0.234. The lowest BCUT2D eigenvalue weighted by Gasteiger charge is -2.22. The number of aromatic nitrogens is 2. The molecule has 0 aliphatic carbocycles. The fourth-order valence-electron chi connectivity index (χ4n) is 3.36. The summed E-state index contributed by atoms with van der Waals surface area (Å²) in [6, 6.07) is 13.7. The lowest BCUT2D eigenvalue weighted by Crippen LogP contribution is -2.43. The molecule has 0 atom stereocenters. The predicted molar refractivity (Wildman–Crippen MR) is 126 cm³/mol. The third kappa shape index (κ3) is 5.44. The quantitative estimate of drug-likeness (QED) is 0.396. The van der Waals surface area contributed by atoms with Crippen molar-refractivity contribution in [2.24, 2.45) is 0 Å². The van der Waals surface area contributed by atoms with E-state index in [1.807, 2.05) is 51.1 Å². The summed E-state index contributed by atoms with van der Waals surface area (Å²) in [7, 11) is 0. The molecule has 0 spiro atoms. The lowest BCUT2D eigenvalue weighted by atomic mass is 10.0. The number of hydrogen-bond donors (Lipinski definition) is 4. The minimum Gasteiger partial charge on any atom is -0.339 e. The van der Waals surface area contributed by atoms with Gasteiger partial charge >= 0.3 is 6.03 Å². The van der Waals surface area contributed by atoms with E-state index in [4.69, 9.17) is 11.6 Å². The number of nitrogens with one attached hydrogen (secondary N) is 4. The van der Waals surface area contributed by atoms with Crippen molar-refractivity contribution in [2.75, 3.05) is 16.0 Å². The highest BCUT2D eigenvalue weighted by atomic mass is 35.5. The van der Waals surface area contributed by atoms with Gasteiger partial charge < -0.3 is 21.3 Å². The Kier molecular flexibility index (Phi) is 5.69. The number of aryl methyl sites for hydroxylation is 2. The Labute approximate surface area is 186 Å². The summed E-state index contributed by atoms with van der Waals surface area (Å²) in [5.41, 5.74) is 4.36. The van der Waals surface area contributed by atoms with E-state index in [-0.39, 0.29) is 11.6 Å². The number of carbonyl (C=O) groups excluding carboxylic acids is 1. The van der Waals surface area contributed by atoms with E-state index in [2.05, 4.69) is 43.4 Å². The largest absolute Gasteiger partial charge is 0.339 e. The van der Waals surface area contributed by atoms with E-state index in [1.165, 1.54) is 5.56 Å². The second kappa shape index (κ2) is 8.43. The van der Waals surface area contributed by atoms with Crippen LogP contribution in [0.5, 0.6) is 0 Å². The van der Waals surface area contributed by atoms with E-state index >= 15 is 0 Å². The van der Waals surface area contributed by atoms with Crippen molar-refractivity contribution in [1.82, 2.24) is 15.3 Å². The Morgan fingerprint density at radius 1 is 1.06 bits per heavy atom. The Morgan fingerprint density at radius 2 is 1.87 bits per heavy atom. The fourth-order valence-corrected chi connectivity index (χ4v) is 3.50. The third-order valence-electron chi connectivity index (χ3n) is 4.71. The van der Waals surface area contributed by atoms with E-state index in [0.717, 1.165) is 35.5 Å². The first kappa shape index (κ1) is 20.9. The Morgan fingerprint density at radius 3 is 2.68 bits per heavy atom. The van der Waals surface area contributed by atoms with Crippen molar-refractivity contribution in [3.63, 3.8) is 0 Å². The summed E-state index contributed by atoms with van der Waals surface area (Å²) in [6.45, 7) is 5.84. The zero-order valence-electron chi connectivity index (χ0n) is 17.7. The van der Waals surface area contributed by atoms with Gasteiger partial charge in [0.1, 0.15) is 5.02 Å². The van der Waals surface area contributed by atoms with E-state index < -0.39 is 0 Å². The second-order valence-corrected chi connectivity index (χ2v) is 8.95. The number of urea groups is 1. The highest BCUT2D eigenvalue weighted by Gasteiger charge is 2.16. The Bertz CT molecular complexity index is 1130. The van der Waals surface area contributed by atoms with Gasteiger partial charge in [0.05, 0.1) is 6.20 Å². The summed E-state index contributed by atoms with van der Waals surface area (Å²) in [4.78, 5) is 21.2. The molecular weight excluding hydrogens is 412 g/mol. The molecule has 2 amide bonds. The molecule has 0 saturated heterocycles. The highest BCUT2D eigenvalue weighted by Crippen LogP contribution is 2.29. The van der Waals surface area contributed by atoms with Crippen molar-refractivity contribution in [2.45, 2.75) is 39.2 Å². The highest BCUT2D eigenvalue weighted by molar-refractivity contribution is 6.32. The number of hydrogen-bond acceptors (Lipinski definition) is 5. The van der Waals surface area contributed by atoms with Gasteiger partial charge in [0.25, 0.3) is 0 Å². The molecule has 8 heteroatoms. The molecule has 1 aromatic heterocycles. The van der Waals surface area contributed by atoms with Crippen molar-refractivity contribution in [3.05, 3.63) is 64.8 Å². The molecule has 0 radical (unpaired) electrons. The number of carbonyl (C=O) groups is 1. The van der Waals surface area contributed by atoms with Crippen LogP contribution in [0.4, 0.5) is 33.6 Å². The average Bonchev–Trinajstić information content (AvgIpc) is 2.69. The molecule has 0 saturated carbocycles. The van der Waals surface area contributed by atoms with E-state index in [0.29, 0.717) is 16.8 Å². The van der Waals surface area contributed by atoms with Gasteiger partial charge in [-0.2, -0.15) is 4.98 Å². The maximum absolute atomic E-state index is 12.4. The molecule has 0 unspecified atom stereocenters. The third-order valence-corrected chi connectivity index (χ3v) is 4.99. The monoisotopic (exact) mass is 436 g/mol. The summed E-state index contributed by atoms with van der Waals surface area (Å²) >= 11 is 6.31. The van der Waals surface area contributed by atoms with Gasteiger partial charge in [0, 0.05) is 22.6 Å². The van der Waals surface area contributed by atoms with Crippen LogP contribution in [-0.2, 0) is 12.8 Å². The zero-order valence-corrected chi connectivity index (χ0v) is 18.5. The number of rotatable bonds is 1. The van der Waals surface area contributed by atoms with Crippen LogP contribution in [0.2, 0.25) is 5.02 Å². The van der Waals surface area contributed by atoms with Crippen molar-refractivity contribution < 1.29 is 4.79 Å². The Balaban J connectivity index is 1.71. The van der Waals surface area contributed by atoms with Crippen LogP contribution in [0.25, 0.3) is 0 Å².